The van der Waals surface area contributed by atoms with Crippen LogP contribution in [0, 0.1) is 0 Å². The highest BCUT2D eigenvalue weighted by Gasteiger charge is 2.18. The van der Waals surface area contributed by atoms with Crippen LogP contribution in [0.4, 0.5) is 0 Å². The Labute approximate surface area is 166 Å². The monoisotopic (exact) mass is 425 g/mol. The minimum Gasteiger partial charge on any atom is -0.497 e. The Morgan fingerprint density at radius 3 is 2.29 bits per heavy atom. The van der Waals surface area contributed by atoms with Gasteiger partial charge in [0.25, 0.3) is 11.8 Å². The number of ether oxygens (including phenoxy) is 2. The van der Waals surface area contributed by atoms with Crippen LogP contribution in [0.15, 0.2) is 47.4 Å². The number of rotatable bonds is 6. The fourth-order valence-corrected chi connectivity index (χ4v) is 2.92. The average molecular weight is 426 g/mol. The van der Waals surface area contributed by atoms with E-state index in [1.165, 1.54) is 31.4 Å². The maximum Gasteiger partial charge on any atom is 0.340 e. The second-order valence-corrected chi connectivity index (χ2v) is 8.02. The van der Waals surface area contributed by atoms with E-state index >= 15 is 0 Å². The van der Waals surface area contributed by atoms with E-state index in [1.807, 2.05) is 0 Å². The van der Waals surface area contributed by atoms with Crippen molar-refractivity contribution in [1.82, 2.24) is 5.32 Å². The topological polar surface area (TPSA) is 116 Å². The summed E-state index contributed by atoms with van der Waals surface area (Å²) in [4.78, 5) is 35.8. The fourth-order valence-electron chi connectivity index (χ4n) is 2.08. The Morgan fingerprint density at radius 2 is 1.71 bits per heavy atom. The lowest BCUT2D eigenvalue weighted by atomic mass is 10.2. The van der Waals surface area contributed by atoms with Crippen molar-refractivity contribution in [2.24, 2.45) is 0 Å². The first kappa shape index (κ1) is 21.4. The molecule has 0 atom stereocenters. The zero-order valence-electron chi connectivity index (χ0n) is 14.9. The molecule has 0 heterocycles. The van der Waals surface area contributed by atoms with E-state index in [4.69, 9.17) is 21.1 Å². The van der Waals surface area contributed by atoms with Gasteiger partial charge < -0.3 is 9.47 Å². The molecule has 10 heteroatoms. The Kier molecular flexibility index (Phi) is 6.76. The third-order valence-corrected chi connectivity index (χ3v) is 4.97. The molecule has 8 nitrogen and oxygen atoms in total. The maximum absolute atomic E-state index is 12.1. The van der Waals surface area contributed by atoms with Gasteiger partial charge in [-0.1, -0.05) is 11.6 Å². The predicted octanol–water partition coefficient (Wildman–Crippen LogP) is 1.87. The molecule has 0 aliphatic carbocycles. The summed E-state index contributed by atoms with van der Waals surface area (Å²) in [5, 5.41) is 2.03. The van der Waals surface area contributed by atoms with Gasteiger partial charge in [-0.15, -0.1) is 0 Å². The fraction of sp³-hybridized carbons (Fsp3) is 0.167. The van der Waals surface area contributed by atoms with Gasteiger partial charge in [0.05, 0.1) is 22.6 Å². The largest absolute Gasteiger partial charge is 0.497 e. The van der Waals surface area contributed by atoms with Crippen molar-refractivity contribution in [3.63, 3.8) is 0 Å². The molecule has 0 bridgehead atoms. The molecule has 28 heavy (non-hydrogen) atoms. The Bertz CT molecular complexity index is 1020. The van der Waals surface area contributed by atoms with Crippen molar-refractivity contribution in [3.8, 4) is 5.75 Å². The van der Waals surface area contributed by atoms with Crippen molar-refractivity contribution in [3.05, 3.63) is 58.6 Å². The second kappa shape index (κ2) is 8.85. The smallest absolute Gasteiger partial charge is 0.340 e. The maximum atomic E-state index is 12.1. The van der Waals surface area contributed by atoms with Gasteiger partial charge >= 0.3 is 5.97 Å². The molecule has 0 spiro atoms. The lowest BCUT2D eigenvalue weighted by Crippen LogP contribution is -2.34. The SMILES string of the molecule is COc1ccc(C(=O)NC(=O)COC(=O)c2cc(S(C)(=O)=O)ccc2Cl)cc1. The highest BCUT2D eigenvalue weighted by molar-refractivity contribution is 7.90. The number of nitrogens with one attached hydrogen (secondary N) is 1. The highest BCUT2D eigenvalue weighted by Crippen LogP contribution is 2.21. The molecule has 2 aromatic rings. The number of esters is 1. The number of hydrogen-bond donors (Lipinski definition) is 1. The summed E-state index contributed by atoms with van der Waals surface area (Å²) >= 11 is 5.88. The molecular weight excluding hydrogens is 410 g/mol. The molecule has 0 aliphatic heterocycles. The Balaban J connectivity index is 1.98. The number of imide groups is 1. The van der Waals surface area contributed by atoms with Crippen LogP contribution in [0.1, 0.15) is 20.7 Å². The minimum atomic E-state index is -3.56. The van der Waals surface area contributed by atoms with Crippen molar-refractivity contribution in [2.45, 2.75) is 4.90 Å². The molecule has 0 unspecified atom stereocenters. The van der Waals surface area contributed by atoms with Crippen LogP contribution in [-0.2, 0) is 19.4 Å². The molecule has 2 aromatic carbocycles. The molecule has 0 saturated heterocycles. The van der Waals surface area contributed by atoms with Gasteiger partial charge in [-0.2, -0.15) is 0 Å². The lowest BCUT2D eigenvalue weighted by Gasteiger charge is -2.08. The second-order valence-electron chi connectivity index (χ2n) is 5.60. The van der Waals surface area contributed by atoms with Gasteiger partial charge in [0.2, 0.25) is 0 Å². The van der Waals surface area contributed by atoms with Crippen LogP contribution < -0.4 is 10.1 Å². The molecule has 0 saturated carbocycles. The summed E-state index contributed by atoms with van der Waals surface area (Å²) in [5.74, 6) is -1.99. The molecule has 1 N–H and O–H groups in total. The molecule has 2 rings (SSSR count). The summed E-state index contributed by atoms with van der Waals surface area (Å²) < 4.78 is 32.9. The van der Waals surface area contributed by atoms with Gasteiger partial charge in [0, 0.05) is 11.8 Å². The standard InChI is InChI=1S/C18H16ClNO7S/c1-26-12-5-3-11(4-6-12)17(22)20-16(21)10-27-18(23)14-9-13(28(2,24)25)7-8-15(14)19/h3-9H,10H2,1-2H3,(H,20,21,22). The number of halogens is 1. The highest BCUT2D eigenvalue weighted by atomic mass is 35.5. The van der Waals surface area contributed by atoms with Crippen LogP contribution >= 0.6 is 11.6 Å². The van der Waals surface area contributed by atoms with Gasteiger partial charge in [0.15, 0.2) is 16.4 Å². The predicted molar refractivity (Wildman–Crippen MR) is 100 cm³/mol. The molecule has 0 aliphatic rings. The van der Waals surface area contributed by atoms with Crippen LogP contribution in [0.3, 0.4) is 0 Å². The van der Waals surface area contributed by atoms with Gasteiger partial charge in [-0.05, 0) is 42.5 Å². The number of carbonyl (C=O) groups excluding carboxylic acids is 3. The molecule has 2 amide bonds. The first-order chi connectivity index (χ1) is 13.1. The molecule has 148 valence electrons. The Morgan fingerprint density at radius 1 is 1.07 bits per heavy atom. The van der Waals surface area contributed by atoms with Crippen LogP contribution in [0.5, 0.6) is 5.75 Å². The van der Waals surface area contributed by atoms with E-state index in [9.17, 15) is 22.8 Å². The van der Waals surface area contributed by atoms with Crippen LogP contribution in [0.2, 0.25) is 5.02 Å². The number of benzene rings is 2. The summed E-state index contributed by atoms with van der Waals surface area (Å²) in [6.45, 7) is -0.750. The first-order valence-electron chi connectivity index (χ1n) is 7.77. The number of methoxy groups -OCH3 is 1. The van der Waals surface area contributed by atoms with Crippen LogP contribution in [-0.4, -0.2) is 46.2 Å². The zero-order chi connectivity index (χ0) is 20.9. The third-order valence-electron chi connectivity index (χ3n) is 3.53. The van der Waals surface area contributed by atoms with Crippen molar-refractivity contribution in [2.75, 3.05) is 20.0 Å². The number of sulfone groups is 1. The van der Waals surface area contributed by atoms with Crippen molar-refractivity contribution < 1.29 is 32.3 Å². The zero-order valence-corrected chi connectivity index (χ0v) is 16.5. The van der Waals surface area contributed by atoms with E-state index in [1.54, 1.807) is 12.1 Å². The molecule has 0 radical (unpaired) electrons. The molecule has 0 fully saturated rings. The van der Waals surface area contributed by atoms with E-state index < -0.39 is 34.2 Å². The lowest BCUT2D eigenvalue weighted by molar-refractivity contribution is -0.123. The van der Waals surface area contributed by atoms with E-state index in [2.05, 4.69) is 5.32 Å². The van der Waals surface area contributed by atoms with E-state index in [0.717, 1.165) is 12.3 Å². The summed E-state index contributed by atoms with van der Waals surface area (Å²) in [6, 6.07) is 9.57. The number of hydrogen-bond acceptors (Lipinski definition) is 7. The van der Waals surface area contributed by atoms with Crippen LogP contribution in [0.25, 0.3) is 0 Å². The first-order valence-corrected chi connectivity index (χ1v) is 10.0. The molecular formula is C18H16ClNO7S. The van der Waals surface area contributed by atoms with E-state index in [-0.39, 0.29) is 21.0 Å². The Hall–Kier alpha value is -2.91. The third kappa shape index (κ3) is 5.54. The van der Waals surface area contributed by atoms with Crippen molar-refractivity contribution in [1.29, 1.82) is 0 Å². The number of amides is 2. The quantitative estimate of drug-likeness (QED) is 0.702. The normalized spacial score (nSPS) is 10.8. The average Bonchev–Trinajstić information content (AvgIpc) is 2.65. The van der Waals surface area contributed by atoms with Gasteiger partial charge in [-0.3, -0.25) is 14.9 Å². The summed E-state index contributed by atoms with van der Waals surface area (Å²) in [6.07, 6.45) is 0.976. The van der Waals surface area contributed by atoms with E-state index in [0.29, 0.717) is 5.75 Å². The van der Waals surface area contributed by atoms with Crippen molar-refractivity contribution >= 4 is 39.2 Å². The molecule has 0 aromatic heterocycles. The minimum absolute atomic E-state index is 0.0351. The number of carbonyl (C=O) groups is 3. The summed E-state index contributed by atoms with van der Waals surface area (Å²) in [5.41, 5.74) is 0.00301. The van der Waals surface area contributed by atoms with Gasteiger partial charge in [0.1, 0.15) is 5.75 Å². The van der Waals surface area contributed by atoms with Gasteiger partial charge in [-0.25, -0.2) is 13.2 Å². The summed E-state index contributed by atoms with van der Waals surface area (Å²) in [7, 11) is -2.08.